The first-order valence-electron chi connectivity index (χ1n) is 14.2. The molecule has 9 nitrogen and oxygen atoms in total. The number of fused-ring (bicyclic) bond motifs is 1. The number of nitrogens with one attached hydrogen (secondary N) is 1. The number of unbranched alkanes of at least 4 members (excludes halogenated alkanes) is 1. The molecule has 0 saturated carbocycles. The highest BCUT2D eigenvalue weighted by atomic mass is 32.2. The summed E-state index contributed by atoms with van der Waals surface area (Å²) >= 11 is 0. The van der Waals surface area contributed by atoms with E-state index in [4.69, 9.17) is 9.47 Å². The van der Waals surface area contributed by atoms with Gasteiger partial charge in [-0.15, -0.1) is 0 Å². The molecule has 1 aliphatic heterocycles. The van der Waals surface area contributed by atoms with Crippen LogP contribution >= 0.6 is 0 Å². The van der Waals surface area contributed by atoms with Gasteiger partial charge in [-0.3, -0.25) is 13.9 Å². The van der Waals surface area contributed by atoms with E-state index in [1.807, 2.05) is 68.4 Å². The minimum Gasteiger partial charge on any atom is -0.486 e. The maximum Gasteiger partial charge on any atom is 0.244 e. The molecule has 1 atom stereocenters. The van der Waals surface area contributed by atoms with Crippen LogP contribution in [0.15, 0.2) is 72.8 Å². The minimum absolute atomic E-state index is 0.137. The standard InChI is InChI=1S/C32H39N3O6S/c1-4-5-16-33-32(37)28(20-25-11-7-6-8-12-25)34(22-26-13-9-10-24(2)19-26)31(36)23-35(42(3,38)39)27-14-15-29-30(21-27)41-18-17-40-29/h6-15,19,21,28H,4-5,16-18,20,22-23H2,1-3H3,(H,33,37)/t28-/m0/s1. The van der Waals surface area contributed by atoms with Crippen molar-refractivity contribution in [2.45, 2.75) is 45.7 Å². The van der Waals surface area contributed by atoms with Crippen LogP contribution in [-0.4, -0.2) is 63.7 Å². The van der Waals surface area contributed by atoms with Crippen molar-refractivity contribution in [1.29, 1.82) is 0 Å². The molecule has 1 N–H and O–H groups in total. The van der Waals surface area contributed by atoms with E-state index in [0.29, 0.717) is 31.3 Å². The molecule has 2 amide bonds. The molecule has 1 heterocycles. The summed E-state index contributed by atoms with van der Waals surface area (Å²) in [5, 5.41) is 2.99. The fraction of sp³-hybridized carbons (Fsp3) is 0.375. The number of hydrogen-bond acceptors (Lipinski definition) is 6. The van der Waals surface area contributed by atoms with Crippen LogP contribution in [-0.2, 0) is 32.6 Å². The first-order chi connectivity index (χ1) is 20.2. The topological polar surface area (TPSA) is 105 Å². The molecule has 0 unspecified atom stereocenters. The van der Waals surface area contributed by atoms with Gasteiger partial charge in [0.2, 0.25) is 21.8 Å². The van der Waals surface area contributed by atoms with Crippen molar-refractivity contribution in [3.05, 3.63) is 89.5 Å². The van der Waals surface area contributed by atoms with Gasteiger partial charge in [0.05, 0.1) is 11.9 Å². The maximum atomic E-state index is 14.2. The largest absolute Gasteiger partial charge is 0.486 e. The van der Waals surface area contributed by atoms with Gasteiger partial charge in [0, 0.05) is 25.6 Å². The number of carbonyl (C=O) groups is 2. The highest BCUT2D eigenvalue weighted by Crippen LogP contribution is 2.34. The number of anilines is 1. The molecule has 224 valence electrons. The molecule has 3 aromatic rings. The van der Waals surface area contributed by atoms with E-state index in [-0.39, 0.29) is 24.6 Å². The second-order valence-corrected chi connectivity index (χ2v) is 12.4. The van der Waals surface area contributed by atoms with Crippen LogP contribution in [0, 0.1) is 6.92 Å². The van der Waals surface area contributed by atoms with Crippen molar-refractivity contribution in [3.63, 3.8) is 0 Å². The van der Waals surface area contributed by atoms with Gasteiger partial charge in [-0.1, -0.05) is 73.5 Å². The number of sulfonamides is 1. The Labute approximate surface area is 248 Å². The lowest BCUT2D eigenvalue weighted by molar-refractivity contribution is -0.140. The molecular weight excluding hydrogens is 554 g/mol. The Bertz CT molecular complexity index is 1480. The lowest BCUT2D eigenvalue weighted by Gasteiger charge is -2.33. The SMILES string of the molecule is CCCCNC(=O)[C@H](Cc1ccccc1)N(Cc1cccc(C)c1)C(=O)CN(c1ccc2c(c1)OCCO2)S(C)(=O)=O. The average Bonchev–Trinajstić information content (AvgIpc) is 2.97. The van der Waals surface area contributed by atoms with Gasteiger partial charge in [0.15, 0.2) is 11.5 Å². The third-order valence-corrected chi connectivity index (χ3v) is 8.17. The van der Waals surface area contributed by atoms with Gasteiger partial charge in [0.25, 0.3) is 0 Å². The molecule has 3 aromatic carbocycles. The van der Waals surface area contributed by atoms with E-state index in [1.54, 1.807) is 18.2 Å². The van der Waals surface area contributed by atoms with E-state index in [1.165, 1.54) is 4.90 Å². The van der Waals surface area contributed by atoms with Gasteiger partial charge in [0.1, 0.15) is 25.8 Å². The molecule has 42 heavy (non-hydrogen) atoms. The summed E-state index contributed by atoms with van der Waals surface area (Å²) in [7, 11) is -3.89. The zero-order valence-electron chi connectivity index (χ0n) is 24.4. The summed E-state index contributed by atoms with van der Waals surface area (Å²) in [4.78, 5) is 29.4. The van der Waals surface area contributed by atoms with Crippen LogP contribution in [0.25, 0.3) is 0 Å². The smallest absolute Gasteiger partial charge is 0.244 e. The molecule has 0 radical (unpaired) electrons. The first kappa shape index (κ1) is 30.9. The van der Waals surface area contributed by atoms with E-state index in [9.17, 15) is 18.0 Å². The van der Waals surface area contributed by atoms with E-state index in [2.05, 4.69) is 5.32 Å². The number of amides is 2. The van der Waals surface area contributed by atoms with Crippen molar-refractivity contribution in [1.82, 2.24) is 10.2 Å². The number of benzene rings is 3. The Kier molecular flexibility index (Phi) is 10.5. The lowest BCUT2D eigenvalue weighted by Crippen LogP contribution is -2.53. The molecule has 0 fully saturated rings. The zero-order valence-corrected chi connectivity index (χ0v) is 25.2. The molecule has 0 bridgehead atoms. The Balaban J connectivity index is 1.71. The highest BCUT2D eigenvalue weighted by molar-refractivity contribution is 7.92. The van der Waals surface area contributed by atoms with Crippen molar-refractivity contribution in [2.75, 3.05) is 36.9 Å². The summed E-state index contributed by atoms with van der Waals surface area (Å²) in [6, 6.07) is 21.2. The van der Waals surface area contributed by atoms with Gasteiger partial charge in [-0.05, 0) is 36.6 Å². The van der Waals surface area contributed by atoms with E-state index >= 15 is 0 Å². The molecule has 0 aromatic heterocycles. The molecule has 10 heteroatoms. The van der Waals surface area contributed by atoms with Crippen molar-refractivity contribution >= 4 is 27.5 Å². The minimum atomic E-state index is -3.89. The summed E-state index contributed by atoms with van der Waals surface area (Å²) in [6.07, 6.45) is 3.05. The van der Waals surface area contributed by atoms with Gasteiger partial charge >= 0.3 is 0 Å². The van der Waals surface area contributed by atoms with Gasteiger partial charge < -0.3 is 19.7 Å². The molecule has 0 aliphatic carbocycles. The van der Waals surface area contributed by atoms with Gasteiger partial charge in [-0.2, -0.15) is 0 Å². The van der Waals surface area contributed by atoms with Crippen LogP contribution in [0.3, 0.4) is 0 Å². The van der Waals surface area contributed by atoms with Crippen LogP contribution in [0.1, 0.15) is 36.5 Å². The second-order valence-electron chi connectivity index (χ2n) is 10.5. The summed E-state index contributed by atoms with van der Waals surface area (Å²) in [5.74, 6) is 0.146. The van der Waals surface area contributed by atoms with Crippen LogP contribution < -0.4 is 19.1 Å². The lowest BCUT2D eigenvalue weighted by atomic mass is 10.0. The quantitative estimate of drug-likeness (QED) is 0.300. The Morgan fingerprint density at radius 1 is 0.929 bits per heavy atom. The van der Waals surface area contributed by atoms with Crippen molar-refractivity contribution in [2.24, 2.45) is 0 Å². The first-order valence-corrected chi connectivity index (χ1v) is 16.0. The van der Waals surface area contributed by atoms with E-state index in [0.717, 1.165) is 40.1 Å². The fourth-order valence-electron chi connectivity index (χ4n) is 4.87. The molecule has 0 spiro atoms. The predicted octanol–water partition coefficient (Wildman–Crippen LogP) is 4.09. The fourth-order valence-corrected chi connectivity index (χ4v) is 5.71. The third kappa shape index (κ3) is 8.25. The molecule has 0 saturated heterocycles. The Morgan fingerprint density at radius 2 is 1.64 bits per heavy atom. The van der Waals surface area contributed by atoms with Crippen molar-refractivity contribution < 1.29 is 27.5 Å². The summed E-state index contributed by atoms with van der Waals surface area (Å²) < 4.78 is 38.4. The maximum absolute atomic E-state index is 14.2. The summed E-state index contributed by atoms with van der Waals surface area (Å²) in [6.45, 7) is 4.88. The Morgan fingerprint density at radius 3 is 2.33 bits per heavy atom. The van der Waals surface area contributed by atoms with E-state index < -0.39 is 28.5 Å². The zero-order chi connectivity index (χ0) is 30.1. The number of carbonyl (C=O) groups excluding carboxylic acids is 2. The number of nitrogens with zero attached hydrogens (tertiary/aromatic N) is 2. The predicted molar refractivity (Wildman–Crippen MR) is 163 cm³/mol. The normalized spacial score (nSPS) is 13.2. The third-order valence-electron chi connectivity index (χ3n) is 7.03. The number of hydrogen-bond donors (Lipinski definition) is 1. The van der Waals surface area contributed by atoms with Gasteiger partial charge in [-0.25, -0.2) is 8.42 Å². The second kappa shape index (κ2) is 14.2. The average molecular weight is 594 g/mol. The number of aryl methyl sites for hydroxylation is 1. The molecule has 1 aliphatic rings. The van der Waals surface area contributed by atoms with Crippen LogP contribution in [0.2, 0.25) is 0 Å². The number of ether oxygens (including phenoxy) is 2. The van der Waals surface area contributed by atoms with Crippen LogP contribution in [0.5, 0.6) is 11.5 Å². The molecular formula is C32H39N3O6S. The summed E-state index contributed by atoms with van der Waals surface area (Å²) in [5.41, 5.74) is 3.02. The monoisotopic (exact) mass is 593 g/mol. The Hall–Kier alpha value is -4.05. The van der Waals surface area contributed by atoms with Crippen molar-refractivity contribution in [3.8, 4) is 11.5 Å². The number of rotatable bonds is 13. The highest BCUT2D eigenvalue weighted by Gasteiger charge is 2.33. The molecule has 4 rings (SSSR count). The van der Waals surface area contributed by atoms with Crippen LogP contribution in [0.4, 0.5) is 5.69 Å².